The van der Waals surface area contributed by atoms with Gasteiger partial charge in [-0.3, -0.25) is 19.5 Å². The number of hydrogen-bond donors (Lipinski definition) is 0. The van der Waals surface area contributed by atoms with Gasteiger partial charge in [0, 0.05) is 63.5 Å². The first-order valence-corrected chi connectivity index (χ1v) is 18.1. The highest BCUT2D eigenvalue weighted by Gasteiger charge is 2.38. The van der Waals surface area contributed by atoms with Crippen LogP contribution in [0.5, 0.6) is 0 Å². The van der Waals surface area contributed by atoms with E-state index in [0.717, 1.165) is 34.0 Å². The molecule has 1 aromatic heterocycles. The number of pyridine rings is 1. The highest BCUT2D eigenvalue weighted by Crippen LogP contribution is 2.33. The largest absolute Gasteiger partial charge is 0.395 e. The summed E-state index contributed by atoms with van der Waals surface area (Å²) in [4.78, 5) is 38.8. The molecule has 0 N–H and O–H groups in total. The molecule has 1 aliphatic heterocycles. The summed E-state index contributed by atoms with van der Waals surface area (Å²) in [6.45, 7) is 14.8. The van der Waals surface area contributed by atoms with E-state index in [4.69, 9.17) is 0 Å². The van der Waals surface area contributed by atoms with Gasteiger partial charge in [-0.25, -0.2) is 0 Å². The number of alkyl halides is 3. The van der Waals surface area contributed by atoms with E-state index in [2.05, 4.69) is 23.0 Å². The molecule has 2 unspecified atom stereocenters. The lowest BCUT2D eigenvalue weighted by Gasteiger charge is -2.39. The lowest BCUT2D eigenvalue weighted by atomic mass is 9.96. The third-order valence-electron chi connectivity index (χ3n) is 9.14. The van der Waals surface area contributed by atoms with Gasteiger partial charge in [-0.1, -0.05) is 132 Å². The molecule has 3 aromatic rings. The highest BCUT2D eigenvalue weighted by atomic mass is 19.4. The standard InChI is InChI=1S/C42H43F3N4O2.C2H6.CH4/c1-3-10-32(4-2)30-47-25-27-48(28-26-47)41(51)39(29-34-11-6-5-7-12-34)49(31-35-14-19-36(20-15-35)38-13-8-9-24-46-38)40(50)23-18-33-16-21-37(22-17-33)42(43,44)45;1-2;/h3-21,23-24,37,39H,1-2,22,25-31H2;1-2H3;1H4/b23-18+,32-10+;;. The monoisotopic (exact) mass is 738 g/mol. The fourth-order valence-electron chi connectivity index (χ4n) is 6.22. The predicted molar refractivity (Wildman–Crippen MR) is 214 cm³/mol. The summed E-state index contributed by atoms with van der Waals surface area (Å²) in [6, 6.07) is 22.2. The molecule has 2 heterocycles. The lowest BCUT2D eigenvalue weighted by molar-refractivity contribution is -0.160. The summed E-state index contributed by atoms with van der Waals surface area (Å²) in [5.41, 5.74) is 5.02. The van der Waals surface area contributed by atoms with Gasteiger partial charge in [0.15, 0.2) is 0 Å². The van der Waals surface area contributed by atoms with E-state index in [-0.39, 0.29) is 26.3 Å². The fourth-order valence-corrected chi connectivity index (χ4v) is 6.22. The summed E-state index contributed by atoms with van der Waals surface area (Å²) in [5.74, 6) is -2.11. The number of aromatic nitrogens is 1. The van der Waals surface area contributed by atoms with Crippen LogP contribution in [0.1, 0.15) is 38.8 Å². The van der Waals surface area contributed by atoms with Gasteiger partial charge in [0.05, 0.1) is 11.6 Å². The molecule has 0 spiro atoms. The molecular weight excluding hydrogens is 686 g/mol. The third-order valence-corrected chi connectivity index (χ3v) is 9.14. The van der Waals surface area contributed by atoms with Crippen molar-refractivity contribution in [2.45, 2.75) is 52.9 Å². The van der Waals surface area contributed by atoms with Gasteiger partial charge >= 0.3 is 6.18 Å². The zero-order valence-electron chi connectivity index (χ0n) is 30.6. The molecule has 54 heavy (non-hydrogen) atoms. The number of rotatable bonds is 13. The third kappa shape index (κ3) is 12.4. The molecule has 286 valence electrons. The summed E-state index contributed by atoms with van der Waals surface area (Å²) >= 11 is 0. The minimum atomic E-state index is -4.33. The molecule has 0 radical (unpaired) electrons. The van der Waals surface area contributed by atoms with Gasteiger partial charge in [-0.05, 0) is 46.9 Å². The molecule has 6 nitrogen and oxygen atoms in total. The Hall–Kier alpha value is -5.28. The van der Waals surface area contributed by atoms with E-state index in [9.17, 15) is 22.8 Å². The van der Waals surface area contributed by atoms with Crippen LogP contribution in [0.25, 0.3) is 11.3 Å². The molecule has 0 bridgehead atoms. The van der Waals surface area contributed by atoms with Gasteiger partial charge in [-0.15, -0.1) is 0 Å². The first kappa shape index (κ1) is 43.1. The van der Waals surface area contributed by atoms with Gasteiger partial charge in [0.2, 0.25) is 11.8 Å². The van der Waals surface area contributed by atoms with Gasteiger partial charge in [0.25, 0.3) is 0 Å². The van der Waals surface area contributed by atoms with E-state index in [1.54, 1.807) is 17.2 Å². The maximum Gasteiger partial charge on any atom is 0.395 e. The molecule has 2 atom stereocenters. The molecule has 1 aliphatic carbocycles. The number of carbonyl (C=O) groups excluding carboxylic acids is 2. The van der Waals surface area contributed by atoms with E-state index < -0.39 is 24.0 Å². The maximum absolute atomic E-state index is 14.5. The summed E-state index contributed by atoms with van der Waals surface area (Å²) in [7, 11) is 0. The second kappa shape index (κ2) is 21.4. The second-order valence-electron chi connectivity index (χ2n) is 12.6. The molecule has 0 saturated carbocycles. The normalized spacial score (nSPS) is 16.7. The van der Waals surface area contributed by atoms with Crippen molar-refractivity contribution < 1.29 is 22.8 Å². The quantitative estimate of drug-likeness (QED) is 0.130. The Morgan fingerprint density at radius 3 is 2.20 bits per heavy atom. The number of carbonyl (C=O) groups is 2. The topological polar surface area (TPSA) is 56.8 Å². The number of allylic oxidation sites excluding steroid dienone is 7. The zero-order valence-corrected chi connectivity index (χ0v) is 30.6. The first-order chi connectivity index (χ1) is 25.6. The Morgan fingerprint density at radius 2 is 1.63 bits per heavy atom. The SMILES string of the molecule is C.C=C/C=C(\C=C)CN1CCN(C(=O)C(Cc2ccccc2)N(Cc2ccc(-c3ccccn3)cc2)C(=O)/C=C/C2=CCC(C(F)(F)F)C=C2)CC1.CC. The Labute approximate surface area is 319 Å². The molecular formula is C45H53F3N4O2. The zero-order chi connectivity index (χ0) is 38.2. The molecule has 1 saturated heterocycles. The van der Waals surface area contributed by atoms with Crippen molar-refractivity contribution >= 4 is 11.8 Å². The Bertz CT molecular complexity index is 1770. The van der Waals surface area contributed by atoms with E-state index in [1.807, 2.05) is 104 Å². The van der Waals surface area contributed by atoms with Gasteiger partial charge < -0.3 is 9.80 Å². The Balaban J connectivity index is 0.00000257. The number of benzene rings is 2. The van der Waals surface area contributed by atoms with Crippen LogP contribution in [-0.2, 0) is 22.6 Å². The minimum Gasteiger partial charge on any atom is -0.338 e. The summed E-state index contributed by atoms with van der Waals surface area (Å²) in [5, 5.41) is 0. The van der Waals surface area contributed by atoms with Crippen LogP contribution in [-0.4, -0.2) is 76.4 Å². The smallest absolute Gasteiger partial charge is 0.338 e. The Morgan fingerprint density at radius 1 is 0.944 bits per heavy atom. The van der Waals surface area contributed by atoms with Crippen LogP contribution in [0.3, 0.4) is 0 Å². The van der Waals surface area contributed by atoms with Crippen molar-refractivity contribution in [2.75, 3.05) is 32.7 Å². The van der Waals surface area contributed by atoms with Gasteiger partial charge in [-0.2, -0.15) is 13.2 Å². The number of hydrogen-bond acceptors (Lipinski definition) is 4. The van der Waals surface area contributed by atoms with Gasteiger partial charge in [0.1, 0.15) is 6.04 Å². The van der Waals surface area contributed by atoms with E-state index in [0.29, 0.717) is 44.7 Å². The van der Waals surface area contributed by atoms with Crippen molar-refractivity contribution in [1.29, 1.82) is 0 Å². The highest BCUT2D eigenvalue weighted by molar-refractivity contribution is 5.93. The maximum atomic E-state index is 14.5. The fraction of sp³-hybridized carbons (Fsp3) is 0.311. The van der Waals surface area contributed by atoms with Crippen molar-refractivity contribution in [3.05, 3.63) is 163 Å². The number of piperazine rings is 1. The number of nitrogens with zero attached hydrogens (tertiary/aromatic N) is 4. The molecule has 2 aromatic carbocycles. The lowest BCUT2D eigenvalue weighted by Crippen LogP contribution is -2.56. The molecule has 2 amide bonds. The van der Waals surface area contributed by atoms with Crippen LogP contribution in [0.4, 0.5) is 13.2 Å². The number of amides is 2. The van der Waals surface area contributed by atoms with Crippen LogP contribution < -0.4 is 0 Å². The van der Waals surface area contributed by atoms with E-state index in [1.165, 1.54) is 24.3 Å². The van der Waals surface area contributed by atoms with Crippen molar-refractivity contribution in [1.82, 2.24) is 19.7 Å². The summed E-state index contributed by atoms with van der Waals surface area (Å²) in [6.07, 6.45) is 9.85. The van der Waals surface area contributed by atoms with Crippen LogP contribution in [0, 0.1) is 5.92 Å². The molecule has 2 aliphatic rings. The Kier molecular flexibility index (Phi) is 17.1. The predicted octanol–water partition coefficient (Wildman–Crippen LogP) is 9.41. The average molecular weight is 739 g/mol. The first-order valence-electron chi connectivity index (χ1n) is 18.1. The van der Waals surface area contributed by atoms with Crippen molar-refractivity contribution in [2.24, 2.45) is 5.92 Å². The minimum absolute atomic E-state index is 0. The molecule has 9 heteroatoms. The molecule has 1 fully saturated rings. The van der Waals surface area contributed by atoms with Crippen LogP contribution >= 0.6 is 0 Å². The number of halogens is 3. The van der Waals surface area contributed by atoms with Crippen LogP contribution in [0.15, 0.2) is 152 Å². The average Bonchev–Trinajstić information content (AvgIpc) is 3.19. The van der Waals surface area contributed by atoms with Crippen molar-refractivity contribution in [3.8, 4) is 11.3 Å². The van der Waals surface area contributed by atoms with Crippen molar-refractivity contribution in [3.63, 3.8) is 0 Å². The summed E-state index contributed by atoms with van der Waals surface area (Å²) < 4.78 is 39.7. The second-order valence-corrected chi connectivity index (χ2v) is 12.6. The molecule has 5 rings (SSSR count). The van der Waals surface area contributed by atoms with E-state index >= 15 is 0 Å². The van der Waals surface area contributed by atoms with Crippen LogP contribution in [0.2, 0.25) is 0 Å².